The van der Waals surface area contributed by atoms with Crippen LogP contribution >= 0.6 is 0 Å². The van der Waals surface area contributed by atoms with E-state index in [0.29, 0.717) is 5.88 Å². The molecule has 0 amide bonds. The highest BCUT2D eigenvalue weighted by Gasteiger charge is 1.99. The van der Waals surface area contributed by atoms with Crippen molar-refractivity contribution < 1.29 is 4.74 Å². The number of pyridine rings is 1. The molecule has 0 unspecified atom stereocenters. The van der Waals surface area contributed by atoms with Gasteiger partial charge in [-0.1, -0.05) is 25.1 Å². The van der Waals surface area contributed by atoms with Crippen LogP contribution in [0, 0.1) is 0 Å². The van der Waals surface area contributed by atoms with Gasteiger partial charge in [0.15, 0.2) is 0 Å². The quantitative estimate of drug-likeness (QED) is 0.874. The first-order valence-corrected chi connectivity index (χ1v) is 6.18. The Kier molecular flexibility index (Phi) is 4.31. The van der Waals surface area contributed by atoms with E-state index >= 15 is 0 Å². The van der Waals surface area contributed by atoms with E-state index < -0.39 is 0 Å². The largest absolute Gasteiger partial charge is 0.439 e. The average Bonchev–Trinajstić information content (AvgIpc) is 2.42. The van der Waals surface area contributed by atoms with Crippen molar-refractivity contribution in [3.8, 4) is 11.6 Å². The average molecular weight is 242 g/mol. The van der Waals surface area contributed by atoms with Gasteiger partial charge in [-0.3, -0.25) is 0 Å². The minimum absolute atomic E-state index is 0.624. The maximum atomic E-state index is 5.68. The van der Waals surface area contributed by atoms with Gasteiger partial charge in [0, 0.05) is 18.8 Å². The standard InChI is InChI=1S/C15H18N2O/c1-3-12-4-7-14(8-5-12)18-15-9-6-13(10-16-2)11-17-15/h4-9,11,16H,3,10H2,1-2H3. The number of rotatable bonds is 5. The van der Waals surface area contributed by atoms with Crippen LogP contribution in [0.15, 0.2) is 42.6 Å². The lowest BCUT2D eigenvalue weighted by Gasteiger charge is -2.06. The van der Waals surface area contributed by atoms with Crippen molar-refractivity contribution in [2.24, 2.45) is 0 Å². The summed E-state index contributed by atoms with van der Waals surface area (Å²) < 4.78 is 5.68. The molecule has 18 heavy (non-hydrogen) atoms. The van der Waals surface area contributed by atoms with Gasteiger partial charge >= 0.3 is 0 Å². The lowest BCUT2D eigenvalue weighted by Crippen LogP contribution is -2.05. The SMILES string of the molecule is CCc1ccc(Oc2ccc(CNC)cn2)cc1. The zero-order chi connectivity index (χ0) is 12.8. The molecular formula is C15H18N2O. The molecule has 1 N–H and O–H groups in total. The minimum Gasteiger partial charge on any atom is -0.439 e. The molecule has 0 aliphatic carbocycles. The fourth-order valence-electron chi connectivity index (χ4n) is 1.69. The van der Waals surface area contributed by atoms with Crippen LogP contribution in [0.25, 0.3) is 0 Å². The van der Waals surface area contributed by atoms with Gasteiger partial charge in [0.25, 0.3) is 0 Å². The van der Waals surface area contributed by atoms with E-state index in [9.17, 15) is 0 Å². The number of benzene rings is 1. The van der Waals surface area contributed by atoms with Gasteiger partial charge in [0.05, 0.1) is 0 Å². The Hall–Kier alpha value is -1.87. The van der Waals surface area contributed by atoms with E-state index in [0.717, 1.165) is 24.3 Å². The zero-order valence-electron chi connectivity index (χ0n) is 10.8. The Bertz CT molecular complexity index is 477. The summed E-state index contributed by atoms with van der Waals surface area (Å²) in [6, 6.07) is 12.0. The van der Waals surface area contributed by atoms with Crippen LogP contribution in [0.2, 0.25) is 0 Å². The van der Waals surface area contributed by atoms with Crippen LogP contribution in [0.4, 0.5) is 0 Å². The smallest absolute Gasteiger partial charge is 0.219 e. The van der Waals surface area contributed by atoms with Crippen molar-refractivity contribution in [2.45, 2.75) is 19.9 Å². The van der Waals surface area contributed by atoms with Gasteiger partial charge in [-0.15, -0.1) is 0 Å². The molecule has 0 aliphatic heterocycles. The highest BCUT2D eigenvalue weighted by molar-refractivity contribution is 5.30. The summed E-state index contributed by atoms with van der Waals surface area (Å²) in [5.41, 5.74) is 2.45. The van der Waals surface area contributed by atoms with Crippen LogP contribution in [-0.2, 0) is 13.0 Å². The molecule has 0 bridgehead atoms. The summed E-state index contributed by atoms with van der Waals surface area (Å²) in [4.78, 5) is 4.27. The molecule has 0 atom stereocenters. The molecule has 3 nitrogen and oxygen atoms in total. The summed E-state index contributed by atoms with van der Waals surface area (Å²) in [6.07, 6.45) is 2.86. The van der Waals surface area contributed by atoms with Crippen molar-refractivity contribution in [1.82, 2.24) is 10.3 Å². The van der Waals surface area contributed by atoms with Crippen LogP contribution < -0.4 is 10.1 Å². The maximum Gasteiger partial charge on any atom is 0.219 e. The van der Waals surface area contributed by atoms with Crippen LogP contribution in [0.1, 0.15) is 18.1 Å². The highest BCUT2D eigenvalue weighted by Crippen LogP contribution is 2.19. The van der Waals surface area contributed by atoms with E-state index in [1.54, 1.807) is 0 Å². The van der Waals surface area contributed by atoms with Crippen LogP contribution in [-0.4, -0.2) is 12.0 Å². The molecule has 1 aromatic heterocycles. The number of hydrogen-bond donors (Lipinski definition) is 1. The molecule has 2 aromatic rings. The first-order chi connectivity index (χ1) is 8.81. The molecular weight excluding hydrogens is 224 g/mol. The number of ether oxygens (including phenoxy) is 1. The number of aryl methyl sites for hydroxylation is 1. The lowest BCUT2D eigenvalue weighted by molar-refractivity contribution is 0.462. The number of aromatic nitrogens is 1. The molecule has 0 fully saturated rings. The predicted molar refractivity (Wildman–Crippen MR) is 72.9 cm³/mol. The number of nitrogens with one attached hydrogen (secondary N) is 1. The summed E-state index contributed by atoms with van der Waals surface area (Å²) in [6.45, 7) is 2.95. The summed E-state index contributed by atoms with van der Waals surface area (Å²) in [5.74, 6) is 1.44. The van der Waals surface area contributed by atoms with Crippen molar-refractivity contribution in [3.63, 3.8) is 0 Å². The van der Waals surface area contributed by atoms with E-state index in [4.69, 9.17) is 4.74 Å². The summed E-state index contributed by atoms with van der Waals surface area (Å²) >= 11 is 0. The molecule has 0 aliphatic rings. The topological polar surface area (TPSA) is 34.1 Å². The number of hydrogen-bond acceptors (Lipinski definition) is 3. The van der Waals surface area contributed by atoms with Crippen molar-refractivity contribution >= 4 is 0 Å². The van der Waals surface area contributed by atoms with E-state index in [2.05, 4.69) is 29.4 Å². The Balaban J connectivity index is 2.03. The first-order valence-electron chi connectivity index (χ1n) is 6.18. The molecule has 0 saturated heterocycles. The van der Waals surface area contributed by atoms with Crippen molar-refractivity contribution in [3.05, 3.63) is 53.7 Å². The van der Waals surface area contributed by atoms with Gasteiger partial charge < -0.3 is 10.1 Å². The molecule has 0 spiro atoms. The molecule has 0 radical (unpaired) electrons. The van der Waals surface area contributed by atoms with E-state index in [1.807, 2.05) is 37.5 Å². The van der Waals surface area contributed by atoms with E-state index in [-0.39, 0.29) is 0 Å². The van der Waals surface area contributed by atoms with Crippen molar-refractivity contribution in [1.29, 1.82) is 0 Å². The predicted octanol–water partition coefficient (Wildman–Crippen LogP) is 3.16. The first kappa shape index (κ1) is 12.6. The fraction of sp³-hybridized carbons (Fsp3) is 0.267. The molecule has 3 heteroatoms. The van der Waals surface area contributed by atoms with Gasteiger partial charge in [-0.25, -0.2) is 4.98 Å². The second kappa shape index (κ2) is 6.17. The zero-order valence-corrected chi connectivity index (χ0v) is 10.8. The maximum absolute atomic E-state index is 5.68. The summed E-state index contributed by atoms with van der Waals surface area (Å²) in [5, 5.41) is 3.08. The normalized spacial score (nSPS) is 10.3. The van der Waals surface area contributed by atoms with Crippen molar-refractivity contribution in [2.75, 3.05) is 7.05 Å². The fourth-order valence-corrected chi connectivity index (χ4v) is 1.69. The van der Waals surface area contributed by atoms with Gasteiger partial charge in [0.2, 0.25) is 5.88 Å². The third kappa shape index (κ3) is 3.31. The van der Waals surface area contributed by atoms with Crippen LogP contribution in [0.5, 0.6) is 11.6 Å². The van der Waals surface area contributed by atoms with Gasteiger partial charge in [0.1, 0.15) is 5.75 Å². The molecule has 2 rings (SSSR count). The van der Waals surface area contributed by atoms with Crippen LogP contribution in [0.3, 0.4) is 0 Å². The lowest BCUT2D eigenvalue weighted by atomic mass is 10.2. The molecule has 1 aromatic carbocycles. The summed E-state index contributed by atoms with van der Waals surface area (Å²) in [7, 11) is 1.92. The highest BCUT2D eigenvalue weighted by atomic mass is 16.5. The molecule has 1 heterocycles. The van der Waals surface area contributed by atoms with E-state index in [1.165, 1.54) is 5.56 Å². The Labute approximate surface area is 108 Å². The Morgan fingerprint density at radius 1 is 1.06 bits per heavy atom. The second-order valence-corrected chi connectivity index (χ2v) is 4.13. The second-order valence-electron chi connectivity index (χ2n) is 4.13. The third-order valence-corrected chi connectivity index (χ3v) is 2.73. The monoisotopic (exact) mass is 242 g/mol. The molecule has 0 saturated carbocycles. The Morgan fingerprint density at radius 3 is 2.33 bits per heavy atom. The number of nitrogens with zero attached hydrogens (tertiary/aromatic N) is 1. The Morgan fingerprint density at radius 2 is 1.78 bits per heavy atom. The van der Waals surface area contributed by atoms with Gasteiger partial charge in [-0.2, -0.15) is 0 Å². The van der Waals surface area contributed by atoms with Gasteiger partial charge in [-0.05, 0) is 36.7 Å². The third-order valence-electron chi connectivity index (χ3n) is 2.73. The molecule has 94 valence electrons. The minimum atomic E-state index is 0.624.